The number of amides is 1. The fourth-order valence-electron chi connectivity index (χ4n) is 2.71. The second-order valence-corrected chi connectivity index (χ2v) is 4.88. The number of ether oxygens (including phenoxy) is 1. The van der Waals surface area contributed by atoms with E-state index in [4.69, 9.17) is 4.74 Å². The molecular weight excluding hydrogens is 230 g/mol. The second-order valence-electron chi connectivity index (χ2n) is 4.88. The zero-order chi connectivity index (χ0) is 12.5. The number of nitrogens with zero attached hydrogens (tertiary/aromatic N) is 1. The third-order valence-corrected chi connectivity index (χ3v) is 3.66. The van der Waals surface area contributed by atoms with Gasteiger partial charge in [0.15, 0.2) is 0 Å². The molecule has 2 unspecified atom stereocenters. The van der Waals surface area contributed by atoms with Gasteiger partial charge in [0.05, 0.1) is 6.04 Å². The molecule has 2 atom stereocenters. The summed E-state index contributed by atoms with van der Waals surface area (Å²) in [6.45, 7) is 0.522. The molecule has 0 aromatic heterocycles. The molecule has 0 spiro atoms. The highest BCUT2D eigenvalue weighted by molar-refractivity contribution is 5.82. The number of hydrogen-bond acceptors (Lipinski definition) is 3. The lowest BCUT2D eigenvalue weighted by atomic mass is 9.91. The van der Waals surface area contributed by atoms with Crippen molar-refractivity contribution in [1.82, 2.24) is 4.90 Å². The Labute approximate surface area is 106 Å². The summed E-state index contributed by atoms with van der Waals surface area (Å²) in [5, 5.41) is 0. The van der Waals surface area contributed by atoms with Crippen LogP contribution in [0.4, 0.5) is 4.79 Å². The topological polar surface area (TPSA) is 46.6 Å². The monoisotopic (exact) mass is 245 g/mol. The molecule has 4 nitrogen and oxygen atoms in total. The van der Waals surface area contributed by atoms with Crippen LogP contribution in [-0.2, 0) is 16.1 Å². The molecule has 3 rings (SSSR count). The van der Waals surface area contributed by atoms with Crippen LogP contribution in [0.5, 0.6) is 0 Å². The maximum Gasteiger partial charge on any atom is 0.410 e. The smallest absolute Gasteiger partial charge is 0.410 e. The van der Waals surface area contributed by atoms with E-state index in [1.54, 1.807) is 4.90 Å². The predicted octanol–water partition coefficient (Wildman–Crippen LogP) is 2.13. The molecule has 94 valence electrons. The average Bonchev–Trinajstić information content (AvgIpc) is 2.67. The number of hydrogen-bond donors (Lipinski definition) is 0. The maximum atomic E-state index is 11.8. The van der Waals surface area contributed by atoms with Crippen LogP contribution < -0.4 is 0 Å². The van der Waals surface area contributed by atoms with E-state index in [-0.39, 0.29) is 24.0 Å². The molecule has 2 aliphatic rings. The van der Waals surface area contributed by atoms with Crippen LogP contribution in [0, 0.1) is 0 Å². The number of carbonyl (C=O) groups excluding carboxylic acids is 2. The van der Waals surface area contributed by atoms with E-state index >= 15 is 0 Å². The van der Waals surface area contributed by atoms with Crippen molar-refractivity contribution in [2.75, 3.05) is 0 Å². The van der Waals surface area contributed by atoms with Gasteiger partial charge in [0, 0.05) is 19.4 Å². The molecule has 1 amide bonds. The van der Waals surface area contributed by atoms with Gasteiger partial charge in [0.1, 0.15) is 11.9 Å². The van der Waals surface area contributed by atoms with Crippen molar-refractivity contribution in [3.8, 4) is 0 Å². The van der Waals surface area contributed by atoms with E-state index in [9.17, 15) is 9.59 Å². The minimum absolute atomic E-state index is 0.0704. The fraction of sp³-hybridized carbons (Fsp3) is 0.429. The van der Waals surface area contributed by atoms with E-state index < -0.39 is 0 Å². The molecule has 0 bridgehead atoms. The molecule has 1 aliphatic carbocycles. The first-order valence-electron chi connectivity index (χ1n) is 6.27. The Morgan fingerprint density at radius 1 is 1.22 bits per heavy atom. The first-order valence-corrected chi connectivity index (χ1v) is 6.27. The van der Waals surface area contributed by atoms with Gasteiger partial charge in [-0.3, -0.25) is 9.69 Å². The minimum atomic E-state index is -0.288. The molecule has 18 heavy (non-hydrogen) atoms. The Bertz CT molecular complexity index is 471. The predicted molar refractivity (Wildman–Crippen MR) is 64.9 cm³/mol. The van der Waals surface area contributed by atoms with E-state index in [1.165, 1.54) is 0 Å². The molecule has 0 N–H and O–H groups in total. The number of carbonyl (C=O) groups is 2. The summed E-state index contributed by atoms with van der Waals surface area (Å²) in [4.78, 5) is 25.1. The van der Waals surface area contributed by atoms with Crippen molar-refractivity contribution >= 4 is 11.9 Å². The summed E-state index contributed by atoms with van der Waals surface area (Å²) < 4.78 is 5.33. The van der Waals surface area contributed by atoms with Gasteiger partial charge >= 0.3 is 6.09 Å². The average molecular weight is 245 g/mol. The zero-order valence-electron chi connectivity index (χ0n) is 10.0. The summed E-state index contributed by atoms with van der Waals surface area (Å²) in [7, 11) is 0. The molecule has 2 fully saturated rings. The van der Waals surface area contributed by atoms with Crippen molar-refractivity contribution in [3.63, 3.8) is 0 Å². The summed E-state index contributed by atoms with van der Waals surface area (Å²) >= 11 is 0. The van der Waals surface area contributed by atoms with Crippen LogP contribution in [0.15, 0.2) is 30.3 Å². The van der Waals surface area contributed by atoms with E-state index in [2.05, 4.69) is 0 Å². The molecule has 4 heteroatoms. The van der Waals surface area contributed by atoms with Crippen molar-refractivity contribution < 1.29 is 14.3 Å². The number of Topliss-reactive ketones (excluding diaryl/α,β-unsaturated/α-hetero) is 1. The molecule has 1 saturated carbocycles. The van der Waals surface area contributed by atoms with Crippen molar-refractivity contribution in [1.29, 1.82) is 0 Å². The van der Waals surface area contributed by atoms with Gasteiger partial charge in [-0.1, -0.05) is 30.3 Å². The second kappa shape index (κ2) is 4.44. The van der Waals surface area contributed by atoms with Crippen molar-refractivity contribution in [2.45, 2.75) is 38.0 Å². The highest BCUT2D eigenvalue weighted by Gasteiger charge is 2.44. The van der Waals surface area contributed by atoms with Crippen molar-refractivity contribution in [3.05, 3.63) is 35.9 Å². The fourth-order valence-corrected chi connectivity index (χ4v) is 2.71. The standard InChI is InChI=1S/C14H15NO3/c16-11-6-7-13-12(8-11)15(14(17)18-13)9-10-4-2-1-3-5-10/h1-5,12-13H,6-9H2. The van der Waals surface area contributed by atoms with Crippen LogP contribution in [0.1, 0.15) is 24.8 Å². The Balaban J connectivity index is 1.78. The first-order chi connectivity index (χ1) is 8.74. The molecule has 0 radical (unpaired) electrons. The van der Waals surface area contributed by atoms with Crippen LogP contribution in [0.25, 0.3) is 0 Å². The van der Waals surface area contributed by atoms with E-state index in [0.717, 1.165) is 5.56 Å². The molecular formula is C14H15NO3. The van der Waals surface area contributed by atoms with Crippen LogP contribution in [0.3, 0.4) is 0 Å². The Morgan fingerprint density at radius 3 is 2.78 bits per heavy atom. The number of ketones is 1. The summed E-state index contributed by atoms with van der Waals surface area (Å²) in [6, 6.07) is 9.72. The third kappa shape index (κ3) is 1.98. The van der Waals surface area contributed by atoms with Gasteiger partial charge in [-0.15, -0.1) is 0 Å². The lowest BCUT2D eigenvalue weighted by Crippen LogP contribution is -2.40. The van der Waals surface area contributed by atoms with Crippen LogP contribution >= 0.6 is 0 Å². The Hall–Kier alpha value is -1.84. The van der Waals surface area contributed by atoms with Crippen LogP contribution in [0.2, 0.25) is 0 Å². The van der Waals surface area contributed by atoms with Gasteiger partial charge < -0.3 is 4.74 Å². The highest BCUT2D eigenvalue weighted by Crippen LogP contribution is 2.31. The van der Waals surface area contributed by atoms with Gasteiger partial charge in [0.25, 0.3) is 0 Å². The molecule has 1 heterocycles. The number of fused-ring (bicyclic) bond motifs is 1. The largest absolute Gasteiger partial charge is 0.444 e. The number of rotatable bonds is 2. The first kappa shape index (κ1) is 11.3. The SMILES string of the molecule is O=C1CCC2OC(=O)N(Cc3ccccc3)C2C1. The molecule has 1 aromatic carbocycles. The van der Waals surface area contributed by atoms with Gasteiger partial charge in [-0.25, -0.2) is 4.79 Å². The third-order valence-electron chi connectivity index (χ3n) is 3.66. The van der Waals surface area contributed by atoms with Gasteiger partial charge in [-0.05, 0) is 12.0 Å². The normalized spacial score (nSPS) is 27.0. The summed E-state index contributed by atoms with van der Waals surface area (Å²) in [5.41, 5.74) is 1.06. The van der Waals surface area contributed by atoms with Gasteiger partial charge in [0.2, 0.25) is 0 Å². The summed E-state index contributed by atoms with van der Waals surface area (Å²) in [5.74, 6) is 0.229. The quantitative estimate of drug-likeness (QED) is 0.801. The van der Waals surface area contributed by atoms with E-state index in [0.29, 0.717) is 25.8 Å². The molecule has 1 saturated heterocycles. The molecule has 1 aromatic rings. The maximum absolute atomic E-state index is 11.8. The van der Waals surface area contributed by atoms with Crippen molar-refractivity contribution in [2.24, 2.45) is 0 Å². The Kier molecular flexibility index (Phi) is 2.78. The minimum Gasteiger partial charge on any atom is -0.444 e. The zero-order valence-corrected chi connectivity index (χ0v) is 10.0. The lowest BCUT2D eigenvalue weighted by molar-refractivity contribution is -0.122. The van der Waals surface area contributed by atoms with Gasteiger partial charge in [-0.2, -0.15) is 0 Å². The molecule has 1 aliphatic heterocycles. The Morgan fingerprint density at radius 2 is 2.00 bits per heavy atom. The summed E-state index contributed by atoms with van der Waals surface area (Å²) in [6.07, 6.45) is 1.25. The van der Waals surface area contributed by atoms with E-state index in [1.807, 2.05) is 30.3 Å². The lowest BCUT2D eigenvalue weighted by Gasteiger charge is -2.27. The van der Waals surface area contributed by atoms with Crippen LogP contribution in [-0.4, -0.2) is 28.9 Å². The highest BCUT2D eigenvalue weighted by atomic mass is 16.6. The number of benzene rings is 1.